The highest BCUT2D eigenvalue weighted by Crippen LogP contribution is 2.21. The molecule has 4 nitrogen and oxygen atoms in total. The number of nitrogens with zero attached hydrogens (tertiary/aromatic N) is 1. The molecule has 0 aliphatic rings. The Labute approximate surface area is 101 Å². The Kier molecular flexibility index (Phi) is 8.22. The maximum Gasteiger partial charge on any atom is 0.519 e. The highest BCUT2D eigenvalue weighted by molar-refractivity contribution is 6.62. The zero-order chi connectivity index (χ0) is 12.6. The second kappa shape index (κ2) is 8.19. The minimum absolute atomic E-state index is 0.229. The first-order chi connectivity index (χ1) is 7.57. The minimum Gasteiger partial charge on any atom is -0.373 e. The lowest BCUT2D eigenvalue weighted by Gasteiger charge is -2.38. The molecule has 0 aromatic carbocycles. The molecule has 0 N–H and O–H groups in total. The first-order valence-corrected chi connectivity index (χ1v) is 7.96. The molecule has 5 heteroatoms. The van der Waals surface area contributed by atoms with E-state index in [1.165, 1.54) is 0 Å². The molecule has 0 saturated carbocycles. The average molecular weight is 249 g/mol. The van der Waals surface area contributed by atoms with Gasteiger partial charge in [0.1, 0.15) is 0 Å². The monoisotopic (exact) mass is 249 g/mol. The molecule has 0 heterocycles. The number of hydrogen-bond acceptors (Lipinski definition) is 4. The van der Waals surface area contributed by atoms with Crippen LogP contribution in [0.5, 0.6) is 0 Å². The van der Waals surface area contributed by atoms with E-state index in [4.69, 9.17) is 13.3 Å². The van der Waals surface area contributed by atoms with Crippen LogP contribution in [0, 0.1) is 0 Å². The highest BCUT2D eigenvalue weighted by atomic mass is 28.4. The van der Waals surface area contributed by atoms with Crippen molar-refractivity contribution in [3.05, 3.63) is 0 Å². The SMILES string of the molecule is CCO[Si](OCC)(OCC)C(CC)N(C)C. The molecule has 98 valence electrons. The van der Waals surface area contributed by atoms with Gasteiger partial charge < -0.3 is 18.2 Å². The van der Waals surface area contributed by atoms with Crippen LogP contribution >= 0.6 is 0 Å². The van der Waals surface area contributed by atoms with Crippen LogP contribution in [0.1, 0.15) is 34.1 Å². The first-order valence-electron chi connectivity index (χ1n) is 6.16. The summed E-state index contributed by atoms with van der Waals surface area (Å²) in [5, 5.41) is 0. The maximum atomic E-state index is 5.88. The summed E-state index contributed by atoms with van der Waals surface area (Å²) in [6.45, 7) is 10.0. The lowest BCUT2D eigenvalue weighted by atomic mass is 10.4. The fourth-order valence-corrected chi connectivity index (χ4v) is 5.12. The molecule has 0 amide bonds. The van der Waals surface area contributed by atoms with Crippen molar-refractivity contribution in [3.8, 4) is 0 Å². The van der Waals surface area contributed by atoms with Crippen LogP contribution in [-0.2, 0) is 13.3 Å². The third-order valence-corrected chi connectivity index (χ3v) is 6.27. The van der Waals surface area contributed by atoms with Gasteiger partial charge >= 0.3 is 8.80 Å². The Bertz CT molecular complexity index is 162. The van der Waals surface area contributed by atoms with Crippen molar-refractivity contribution in [2.75, 3.05) is 33.9 Å². The fourth-order valence-electron chi connectivity index (χ4n) is 1.95. The molecule has 1 atom stereocenters. The van der Waals surface area contributed by atoms with Crippen molar-refractivity contribution in [3.63, 3.8) is 0 Å². The summed E-state index contributed by atoms with van der Waals surface area (Å²) in [5.74, 6) is 0. The van der Waals surface area contributed by atoms with Gasteiger partial charge in [-0.3, -0.25) is 0 Å². The molecule has 0 bridgehead atoms. The minimum atomic E-state index is -2.56. The third kappa shape index (κ3) is 4.14. The molecule has 0 spiro atoms. The Hall–Kier alpha value is 0.0569. The van der Waals surface area contributed by atoms with Crippen molar-refractivity contribution >= 4 is 8.80 Å². The fraction of sp³-hybridized carbons (Fsp3) is 1.00. The predicted molar refractivity (Wildman–Crippen MR) is 68.4 cm³/mol. The van der Waals surface area contributed by atoms with E-state index in [0.29, 0.717) is 19.8 Å². The lowest BCUT2D eigenvalue weighted by Crippen LogP contribution is -2.61. The Morgan fingerprint density at radius 1 is 0.875 bits per heavy atom. The normalized spacial score (nSPS) is 14.4. The molecule has 0 aromatic rings. The van der Waals surface area contributed by atoms with Crippen molar-refractivity contribution in [1.29, 1.82) is 0 Å². The summed E-state index contributed by atoms with van der Waals surface area (Å²) in [7, 11) is 1.54. The standard InChI is InChI=1S/C11H27NO3Si/c1-7-11(12(5)6)16(13-8-2,14-9-3)15-10-4/h11H,7-10H2,1-6H3. The van der Waals surface area contributed by atoms with Crippen LogP contribution in [0.15, 0.2) is 0 Å². The molecule has 0 aliphatic heterocycles. The Morgan fingerprint density at radius 3 is 1.44 bits per heavy atom. The van der Waals surface area contributed by atoms with Crippen LogP contribution in [-0.4, -0.2) is 53.3 Å². The van der Waals surface area contributed by atoms with Gasteiger partial charge in [0.05, 0.1) is 5.67 Å². The summed E-state index contributed by atoms with van der Waals surface area (Å²) >= 11 is 0. The van der Waals surface area contributed by atoms with E-state index in [1.54, 1.807) is 0 Å². The van der Waals surface area contributed by atoms with Gasteiger partial charge in [-0.15, -0.1) is 0 Å². The average Bonchev–Trinajstić information content (AvgIpc) is 2.19. The molecule has 16 heavy (non-hydrogen) atoms. The molecule has 0 saturated heterocycles. The van der Waals surface area contributed by atoms with E-state index in [0.717, 1.165) is 6.42 Å². The van der Waals surface area contributed by atoms with E-state index < -0.39 is 8.80 Å². The smallest absolute Gasteiger partial charge is 0.373 e. The Morgan fingerprint density at radius 2 is 1.25 bits per heavy atom. The van der Waals surface area contributed by atoms with Crippen LogP contribution in [0.2, 0.25) is 0 Å². The van der Waals surface area contributed by atoms with Gasteiger partial charge in [-0.1, -0.05) is 6.92 Å². The van der Waals surface area contributed by atoms with E-state index in [-0.39, 0.29) is 5.67 Å². The van der Waals surface area contributed by atoms with Gasteiger partial charge in [0, 0.05) is 19.8 Å². The van der Waals surface area contributed by atoms with Crippen molar-refractivity contribution in [2.24, 2.45) is 0 Å². The van der Waals surface area contributed by atoms with Gasteiger partial charge in [0.25, 0.3) is 0 Å². The molecule has 0 rings (SSSR count). The van der Waals surface area contributed by atoms with Crippen LogP contribution in [0.4, 0.5) is 0 Å². The zero-order valence-corrected chi connectivity index (χ0v) is 12.6. The maximum absolute atomic E-state index is 5.88. The number of hydrogen-bond donors (Lipinski definition) is 0. The highest BCUT2D eigenvalue weighted by Gasteiger charge is 2.49. The molecular formula is C11H27NO3Si. The van der Waals surface area contributed by atoms with Crippen molar-refractivity contribution in [1.82, 2.24) is 4.90 Å². The Balaban J connectivity index is 4.93. The van der Waals surface area contributed by atoms with Gasteiger partial charge in [0.15, 0.2) is 0 Å². The summed E-state index contributed by atoms with van der Waals surface area (Å²) < 4.78 is 17.6. The van der Waals surface area contributed by atoms with Gasteiger partial charge in [-0.05, 0) is 41.3 Å². The van der Waals surface area contributed by atoms with Gasteiger partial charge in [-0.2, -0.15) is 0 Å². The molecule has 0 aliphatic carbocycles. The predicted octanol–water partition coefficient (Wildman–Crippen LogP) is 1.91. The summed E-state index contributed by atoms with van der Waals surface area (Å²) in [5.41, 5.74) is 0.229. The topological polar surface area (TPSA) is 30.9 Å². The second-order valence-electron chi connectivity index (χ2n) is 3.79. The van der Waals surface area contributed by atoms with Gasteiger partial charge in [0.2, 0.25) is 0 Å². The summed E-state index contributed by atoms with van der Waals surface area (Å²) in [4.78, 5) is 2.15. The molecule has 1 unspecified atom stereocenters. The quantitative estimate of drug-likeness (QED) is 0.584. The summed E-state index contributed by atoms with van der Waals surface area (Å²) in [6, 6.07) is 0. The number of rotatable bonds is 9. The van der Waals surface area contributed by atoms with Crippen LogP contribution in [0.25, 0.3) is 0 Å². The zero-order valence-electron chi connectivity index (χ0n) is 11.6. The third-order valence-electron chi connectivity index (χ3n) is 2.45. The first kappa shape index (κ1) is 16.1. The van der Waals surface area contributed by atoms with Crippen LogP contribution in [0.3, 0.4) is 0 Å². The molecule has 0 radical (unpaired) electrons. The van der Waals surface area contributed by atoms with E-state index in [9.17, 15) is 0 Å². The van der Waals surface area contributed by atoms with Gasteiger partial charge in [-0.25, -0.2) is 0 Å². The van der Waals surface area contributed by atoms with Crippen LogP contribution < -0.4 is 0 Å². The van der Waals surface area contributed by atoms with E-state index in [1.807, 2.05) is 34.9 Å². The molecular weight excluding hydrogens is 222 g/mol. The van der Waals surface area contributed by atoms with Crippen molar-refractivity contribution in [2.45, 2.75) is 39.8 Å². The van der Waals surface area contributed by atoms with Crippen molar-refractivity contribution < 1.29 is 13.3 Å². The van der Waals surface area contributed by atoms with E-state index in [2.05, 4.69) is 11.8 Å². The largest absolute Gasteiger partial charge is 0.519 e. The van der Waals surface area contributed by atoms with E-state index >= 15 is 0 Å². The molecule has 0 aromatic heterocycles. The molecule has 0 fully saturated rings. The second-order valence-corrected chi connectivity index (χ2v) is 6.53. The lowest BCUT2D eigenvalue weighted by molar-refractivity contribution is 0.0429. The summed E-state index contributed by atoms with van der Waals surface area (Å²) in [6.07, 6.45) is 0.971.